The van der Waals surface area contributed by atoms with Crippen LogP contribution in [-0.2, 0) is 19.1 Å². The standard InChI is InChI=1S/C18H24N2O5/c1-12(2)10-19-18(23)13(3)25-17(22)8-9-20-14-6-4-5-7-15(14)24-11-16(20)21/h4-7,12-13H,8-11H2,1-3H3,(H,19,23)/t13-/m1/s1. The highest BCUT2D eigenvalue weighted by Gasteiger charge is 2.26. The molecule has 1 aliphatic rings. The van der Waals surface area contributed by atoms with E-state index in [2.05, 4.69) is 5.32 Å². The summed E-state index contributed by atoms with van der Waals surface area (Å²) in [7, 11) is 0. The zero-order valence-corrected chi connectivity index (χ0v) is 14.8. The maximum absolute atomic E-state index is 12.0. The number of para-hydroxylation sites is 2. The summed E-state index contributed by atoms with van der Waals surface area (Å²) in [4.78, 5) is 37.4. The molecule has 0 aromatic heterocycles. The third-order valence-electron chi connectivity index (χ3n) is 3.71. The Morgan fingerprint density at radius 3 is 2.72 bits per heavy atom. The van der Waals surface area contributed by atoms with E-state index in [9.17, 15) is 14.4 Å². The van der Waals surface area contributed by atoms with Crippen LogP contribution in [0, 0.1) is 5.92 Å². The molecule has 0 spiro atoms. The largest absolute Gasteiger partial charge is 0.482 e. The van der Waals surface area contributed by atoms with Crippen molar-refractivity contribution in [3.63, 3.8) is 0 Å². The highest BCUT2D eigenvalue weighted by molar-refractivity contribution is 5.98. The van der Waals surface area contributed by atoms with Gasteiger partial charge in [-0.05, 0) is 25.0 Å². The van der Waals surface area contributed by atoms with Gasteiger partial charge in [-0.1, -0.05) is 26.0 Å². The van der Waals surface area contributed by atoms with E-state index in [1.54, 1.807) is 18.2 Å². The second-order valence-corrected chi connectivity index (χ2v) is 6.32. The normalized spacial score (nSPS) is 14.6. The molecule has 0 aliphatic carbocycles. The van der Waals surface area contributed by atoms with Gasteiger partial charge < -0.3 is 19.7 Å². The minimum Gasteiger partial charge on any atom is -0.482 e. The lowest BCUT2D eigenvalue weighted by Gasteiger charge is -2.29. The van der Waals surface area contributed by atoms with Gasteiger partial charge in [-0.15, -0.1) is 0 Å². The molecule has 1 heterocycles. The van der Waals surface area contributed by atoms with Crippen molar-refractivity contribution in [2.45, 2.75) is 33.3 Å². The van der Waals surface area contributed by atoms with Crippen molar-refractivity contribution in [3.05, 3.63) is 24.3 Å². The van der Waals surface area contributed by atoms with Gasteiger partial charge in [0.05, 0.1) is 12.1 Å². The van der Waals surface area contributed by atoms with Crippen LogP contribution < -0.4 is 15.0 Å². The zero-order valence-electron chi connectivity index (χ0n) is 14.8. The molecule has 2 rings (SSSR count). The molecule has 25 heavy (non-hydrogen) atoms. The summed E-state index contributed by atoms with van der Waals surface area (Å²) in [5, 5.41) is 2.72. The molecule has 1 aromatic rings. The number of rotatable bonds is 7. The van der Waals surface area contributed by atoms with Gasteiger partial charge in [-0.2, -0.15) is 0 Å². The van der Waals surface area contributed by atoms with E-state index in [1.165, 1.54) is 11.8 Å². The van der Waals surface area contributed by atoms with E-state index < -0.39 is 12.1 Å². The second-order valence-electron chi connectivity index (χ2n) is 6.32. The zero-order chi connectivity index (χ0) is 18.4. The lowest BCUT2D eigenvalue weighted by molar-refractivity contribution is -0.154. The summed E-state index contributed by atoms with van der Waals surface area (Å²) >= 11 is 0. The van der Waals surface area contributed by atoms with Crippen molar-refractivity contribution >= 4 is 23.5 Å². The Kier molecular flexibility index (Phi) is 6.38. The van der Waals surface area contributed by atoms with Gasteiger partial charge in [-0.3, -0.25) is 14.4 Å². The van der Waals surface area contributed by atoms with Crippen molar-refractivity contribution in [2.24, 2.45) is 5.92 Å². The van der Waals surface area contributed by atoms with E-state index >= 15 is 0 Å². The Balaban J connectivity index is 1.85. The van der Waals surface area contributed by atoms with Crippen molar-refractivity contribution in [1.29, 1.82) is 0 Å². The summed E-state index contributed by atoms with van der Waals surface area (Å²) in [6.45, 7) is 6.14. The number of carbonyl (C=O) groups is 3. The summed E-state index contributed by atoms with van der Waals surface area (Å²) in [6.07, 6.45) is -0.860. The van der Waals surface area contributed by atoms with Crippen LogP contribution >= 0.6 is 0 Å². The van der Waals surface area contributed by atoms with Crippen LogP contribution in [0.15, 0.2) is 24.3 Å². The smallest absolute Gasteiger partial charge is 0.308 e. The predicted molar refractivity (Wildman–Crippen MR) is 92.3 cm³/mol. The number of nitrogens with zero attached hydrogens (tertiary/aromatic N) is 1. The SMILES string of the molecule is CC(C)CNC(=O)[C@@H](C)OC(=O)CCN1C(=O)COc2ccccc21. The summed E-state index contributed by atoms with van der Waals surface area (Å²) in [6, 6.07) is 7.15. The molecule has 0 fully saturated rings. The van der Waals surface area contributed by atoms with Crippen LogP contribution in [-0.4, -0.2) is 43.6 Å². The number of anilines is 1. The highest BCUT2D eigenvalue weighted by Crippen LogP contribution is 2.31. The van der Waals surface area contributed by atoms with Crippen molar-refractivity contribution in [3.8, 4) is 5.75 Å². The summed E-state index contributed by atoms with van der Waals surface area (Å²) in [5.41, 5.74) is 0.634. The molecule has 0 unspecified atom stereocenters. The summed E-state index contributed by atoms with van der Waals surface area (Å²) < 4.78 is 10.5. The molecule has 1 aliphatic heterocycles. The fourth-order valence-corrected chi connectivity index (χ4v) is 2.36. The predicted octanol–water partition coefficient (Wildman–Crippen LogP) is 1.51. The van der Waals surface area contributed by atoms with Gasteiger partial charge in [0, 0.05) is 13.1 Å². The van der Waals surface area contributed by atoms with Gasteiger partial charge in [0.1, 0.15) is 5.75 Å². The first-order chi connectivity index (χ1) is 11.9. The lowest BCUT2D eigenvalue weighted by atomic mass is 10.2. The average molecular weight is 348 g/mol. The first kappa shape index (κ1) is 18.8. The molecule has 0 radical (unpaired) electrons. The van der Waals surface area contributed by atoms with Crippen molar-refractivity contribution in [2.75, 3.05) is 24.6 Å². The molecular weight excluding hydrogens is 324 g/mol. The number of hydrogen-bond donors (Lipinski definition) is 1. The van der Waals surface area contributed by atoms with E-state index in [4.69, 9.17) is 9.47 Å². The Bertz CT molecular complexity index is 644. The molecule has 0 saturated heterocycles. The Morgan fingerprint density at radius 2 is 2.00 bits per heavy atom. The first-order valence-corrected chi connectivity index (χ1v) is 8.38. The number of amides is 2. The minimum absolute atomic E-state index is 0.00186. The van der Waals surface area contributed by atoms with Crippen LogP contribution in [0.25, 0.3) is 0 Å². The fourth-order valence-electron chi connectivity index (χ4n) is 2.36. The van der Waals surface area contributed by atoms with Crippen LogP contribution in [0.3, 0.4) is 0 Å². The number of ether oxygens (including phenoxy) is 2. The van der Waals surface area contributed by atoms with Gasteiger partial charge in [0.15, 0.2) is 12.7 Å². The third-order valence-corrected chi connectivity index (χ3v) is 3.71. The topological polar surface area (TPSA) is 84.9 Å². The van der Waals surface area contributed by atoms with E-state index in [0.717, 1.165) is 0 Å². The van der Waals surface area contributed by atoms with Crippen molar-refractivity contribution < 1.29 is 23.9 Å². The number of fused-ring (bicyclic) bond motifs is 1. The maximum Gasteiger partial charge on any atom is 0.308 e. The summed E-state index contributed by atoms with van der Waals surface area (Å²) in [5.74, 6) is -0.135. The molecule has 0 saturated carbocycles. The van der Waals surface area contributed by atoms with E-state index in [1.807, 2.05) is 19.9 Å². The van der Waals surface area contributed by atoms with Crippen LogP contribution in [0.1, 0.15) is 27.2 Å². The van der Waals surface area contributed by atoms with Gasteiger partial charge >= 0.3 is 5.97 Å². The Morgan fingerprint density at radius 1 is 1.28 bits per heavy atom. The quantitative estimate of drug-likeness (QED) is 0.755. The number of carbonyl (C=O) groups excluding carboxylic acids is 3. The number of nitrogens with one attached hydrogen (secondary N) is 1. The third kappa shape index (κ3) is 5.20. The molecule has 1 atom stereocenters. The van der Waals surface area contributed by atoms with Gasteiger partial charge in [0.25, 0.3) is 11.8 Å². The first-order valence-electron chi connectivity index (χ1n) is 8.38. The number of benzene rings is 1. The van der Waals surface area contributed by atoms with Gasteiger partial charge in [0.2, 0.25) is 0 Å². The van der Waals surface area contributed by atoms with Crippen LogP contribution in [0.2, 0.25) is 0 Å². The second kappa shape index (κ2) is 8.50. The van der Waals surface area contributed by atoms with E-state index in [-0.39, 0.29) is 31.4 Å². The molecule has 0 bridgehead atoms. The minimum atomic E-state index is -0.862. The molecule has 7 heteroatoms. The Labute approximate surface area is 147 Å². The molecule has 7 nitrogen and oxygen atoms in total. The lowest BCUT2D eigenvalue weighted by Crippen LogP contribution is -2.41. The van der Waals surface area contributed by atoms with E-state index in [0.29, 0.717) is 23.9 Å². The van der Waals surface area contributed by atoms with Crippen LogP contribution in [0.5, 0.6) is 5.75 Å². The number of esters is 1. The molecule has 1 N–H and O–H groups in total. The molecule has 1 aromatic carbocycles. The number of hydrogen-bond acceptors (Lipinski definition) is 5. The molecule has 2 amide bonds. The highest BCUT2D eigenvalue weighted by atomic mass is 16.5. The molecular formula is C18H24N2O5. The maximum atomic E-state index is 12.0. The monoisotopic (exact) mass is 348 g/mol. The van der Waals surface area contributed by atoms with Crippen molar-refractivity contribution in [1.82, 2.24) is 5.32 Å². The fraction of sp³-hybridized carbons (Fsp3) is 0.500. The van der Waals surface area contributed by atoms with Crippen LogP contribution in [0.4, 0.5) is 5.69 Å². The molecule has 136 valence electrons. The average Bonchev–Trinajstić information content (AvgIpc) is 2.58. The van der Waals surface area contributed by atoms with Gasteiger partial charge in [-0.25, -0.2) is 0 Å². The Hall–Kier alpha value is -2.57.